The molecule has 0 aliphatic rings. The summed E-state index contributed by atoms with van der Waals surface area (Å²) >= 11 is 7.15. The fourth-order valence-corrected chi connectivity index (χ4v) is 0. The predicted molar refractivity (Wildman–Crippen MR) is 38.7 cm³/mol. The molecule has 2 N–H and O–H groups in total. The Morgan fingerprint density at radius 2 is 1.09 bits per heavy atom. The van der Waals surface area contributed by atoms with Crippen LogP contribution in [0.25, 0.3) is 0 Å². The quantitative estimate of drug-likeness (QED) is 0.437. The van der Waals surface area contributed by atoms with E-state index in [-0.39, 0.29) is 37.7 Å². The zero-order valence-corrected chi connectivity index (χ0v) is 8.89. The van der Waals surface area contributed by atoms with Crippen molar-refractivity contribution >= 4 is 75.9 Å². The Morgan fingerprint density at radius 3 is 1.09 bits per heavy atom. The predicted octanol–water partition coefficient (Wildman–Crippen LogP) is -0.0950. The first kappa shape index (κ1) is 17.5. The van der Waals surface area contributed by atoms with Gasteiger partial charge in [-0.1, -0.05) is 0 Å². The molecular formula is C2H2CaO6S2. The summed E-state index contributed by atoms with van der Waals surface area (Å²) in [4.78, 5) is 18.1. The molecule has 0 heterocycles. The van der Waals surface area contributed by atoms with E-state index in [1.165, 1.54) is 0 Å². The molecule has 0 spiro atoms. The summed E-state index contributed by atoms with van der Waals surface area (Å²) in [6.45, 7) is 0. The molecule has 0 rings (SSSR count). The average Bonchev–Trinajstić information content (AvgIpc) is 1.89. The zero-order valence-electron chi connectivity index (χ0n) is 5.05. The minimum Gasteiger partial charge on any atom is -0.584 e. The third-order valence-corrected chi connectivity index (χ3v) is 0.428. The molecule has 0 aliphatic carbocycles. The summed E-state index contributed by atoms with van der Waals surface area (Å²) in [6.07, 6.45) is -2.86. The Morgan fingerprint density at radius 1 is 1.00 bits per heavy atom. The molecule has 0 amide bonds. The van der Waals surface area contributed by atoms with E-state index in [0.717, 1.165) is 0 Å². The first-order chi connectivity index (χ1) is 4.54. The zero-order chi connectivity index (χ0) is 8.57. The van der Waals surface area contributed by atoms with Crippen molar-refractivity contribution in [1.82, 2.24) is 0 Å². The van der Waals surface area contributed by atoms with E-state index in [9.17, 15) is 0 Å². The van der Waals surface area contributed by atoms with Crippen LogP contribution in [0.3, 0.4) is 0 Å². The third kappa shape index (κ3) is 37.5. The maximum absolute atomic E-state index is 9.04. The van der Waals surface area contributed by atoms with Gasteiger partial charge in [-0.15, -0.1) is 0 Å². The summed E-state index contributed by atoms with van der Waals surface area (Å²) < 4.78 is 6.50. The molecule has 60 valence electrons. The molecule has 11 heavy (non-hydrogen) atoms. The molecule has 9 heteroatoms. The standard InChI is InChI=1S/2CH2O3S.Ca/c2*2-1(3)4-5;/h2*5H,(H,2,3);/q;;+2/p-2. The second-order valence-electron chi connectivity index (χ2n) is 0.698. The molecule has 0 aromatic heterocycles. The van der Waals surface area contributed by atoms with Gasteiger partial charge in [0.1, 0.15) is 0 Å². The van der Waals surface area contributed by atoms with Crippen molar-refractivity contribution in [3.63, 3.8) is 0 Å². The van der Waals surface area contributed by atoms with Gasteiger partial charge in [0.25, 0.3) is 0 Å². The van der Waals surface area contributed by atoms with Crippen LogP contribution in [0.15, 0.2) is 0 Å². The average molecular weight is 226 g/mol. The van der Waals surface area contributed by atoms with Crippen LogP contribution in [0, 0.1) is 0 Å². The van der Waals surface area contributed by atoms with Gasteiger partial charge >= 0.3 is 50.0 Å². The smallest absolute Gasteiger partial charge is 0.584 e. The van der Waals surface area contributed by atoms with Gasteiger partial charge < -0.3 is 44.4 Å². The fraction of sp³-hybridized carbons (Fsp3) is 0. The molecule has 0 bridgehead atoms. The Labute approximate surface area is 103 Å². The maximum Gasteiger partial charge on any atom is 2.00 e. The van der Waals surface area contributed by atoms with Crippen LogP contribution in [0.5, 0.6) is 0 Å². The summed E-state index contributed by atoms with van der Waals surface area (Å²) in [5, 5.41) is 14.8. The van der Waals surface area contributed by atoms with Gasteiger partial charge in [0, 0.05) is 0 Å². The number of hydrogen-bond donors (Lipinski definition) is 2. The van der Waals surface area contributed by atoms with Crippen molar-refractivity contribution in [1.29, 1.82) is 0 Å². The van der Waals surface area contributed by atoms with E-state index >= 15 is 0 Å². The van der Waals surface area contributed by atoms with E-state index in [4.69, 9.17) is 19.8 Å². The molecule has 0 fully saturated rings. The largest absolute Gasteiger partial charge is 2.00 e. The number of carbonyl (C=O) groups is 2. The summed E-state index contributed by atoms with van der Waals surface area (Å²) in [6, 6.07) is 0. The number of carboxylic acid groups (broad SMARTS) is 2. The molecule has 0 atom stereocenters. The Balaban J connectivity index is -0.000000107. The van der Waals surface area contributed by atoms with Crippen LogP contribution in [0.4, 0.5) is 9.59 Å². The molecule has 0 aromatic rings. The van der Waals surface area contributed by atoms with Crippen molar-refractivity contribution in [2.45, 2.75) is 0 Å². The molecular weight excluding hydrogens is 224 g/mol. The Bertz CT molecular complexity index is 103. The van der Waals surface area contributed by atoms with Gasteiger partial charge in [0.15, 0.2) is 0 Å². The van der Waals surface area contributed by atoms with E-state index in [2.05, 4.69) is 34.2 Å². The van der Waals surface area contributed by atoms with Crippen LogP contribution in [-0.4, -0.2) is 60.3 Å². The summed E-state index contributed by atoms with van der Waals surface area (Å²) in [5.74, 6) is 0. The first-order valence-corrected chi connectivity index (χ1v) is 2.26. The normalized spacial score (nSPS) is 6.00. The van der Waals surface area contributed by atoms with Crippen molar-refractivity contribution in [2.75, 3.05) is 0 Å². The van der Waals surface area contributed by atoms with Crippen molar-refractivity contribution in [2.24, 2.45) is 0 Å². The van der Waals surface area contributed by atoms with Gasteiger partial charge in [-0.05, 0) is 0 Å². The van der Waals surface area contributed by atoms with Crippen LogP contribution in [-0.2, 0) is 34.2 Å². The van der Waals surface area contributed by atoms with Gasteiger partial charge in [-0.3, -0.25) is 0 Å². The van der Waals surface area contributed by atoms with E-state index in [1.807, 2.05) is 0 Å². The molecule has 0 radical (unpaired) electrons. The van der Waals surface area contributed by atoms with E-state index < -0.39 is 12.3 Å². The SMILES string of the molecule is O=C(O)O[S-].O=C(O)O[S-].[Ca+2]. The Hall–Kier alpha value is 0.500. The van der Waals surface area contributed by atoms with E-state index in [1.54, 1.807) is 0 Å². The summed E-state index contributed by atoms with van der Waals surface area (Å²) in [7, 11) is 0. The second-order valence-corrected chi connectivity index (χ2v) is 1.03. The molecule has 6 nitrogen and oxygen atoms in total. The van der Waals surface area contributed by atoms with Crippen molar-refractivity contribution < 1.29 is 28.2 Å². The third-order valence-electron chi connectivity index (χ3n) is 0.143. The molecule has 0 aromatic carbocycles. The van der Waals surface area contributed by atoms with Gasteiger partial charge in [0.05, 0.1) is 0 Å². The van der Waals surface area contributed by atoms with Crippen LogP contribution in [0.1, 0.15) is 0 Å². The fourth-order valence-electron chi connectivity index (χ4n) is 0. The monoisotopic (exact) mass is 226 g/mol. The van der Waals surface area contributed by atoms with Crippen LogP contribution < -0.4 is 0 Å². The van der Waals surface area contributed by atoms with Crippen LogP contribution in [0.2, 0.25) is 0 Å². The van der Waals surface area contributed by atoms with Crippen LogP contribution >= 0.6 is 0 Å². The number of hydrogen-bond acceptors (Lipinski definition) is 6. The minimum atomic E-state index is -1.43. The Kier molecular flexibility index (Phi) is 20.9. The first-order valence-electron chi connectivity index (χ1n) is 1.60. The summed E-state index contributed by atoms with van der Waals surface area (Å²) in [5.41, 5.74) is 0. The van der Waals surface area contributed by atoms with Crippen molar-refractivity contribution in [3.05, 3.63) is 0 Å². The van der Waals surface area contributed by atoms with E-state index in [0.29, 0.717) is 0 Å². The molecule has 0 saturated heterocycles. The molecule has 0 unspecified atom stereocenters. The van der Waals surface area contributed by atoms with Gasteiger partial charge in [-0.25, -0.2) is 9.59 Å². The minimum absolute atomic E-state index is 0. The molecule has 0 aliphatic heterocycles. The number of rotatable bonds is 0. The van der Waals surface area contributed by atoms with Crippen molar-refractivity contribution in [3.8, 4) is 0 Å². The van der Waals surface area contributed by atoms with Gasteiger partial charge in [0.2, 0.25) is 0 Å². The topological polar surface area (TPSA) is 93.1 Å². The molecule has 0 saturated carbocycles. The van der Waals surface area contributed by atoms with Gasteiger partial charge in [-0.2, -0.15) is 0 Å². The second kappa shape index (κ2) is 13.1. The maximum atomic E-state index is 9.04.